The van der Waals surface area contributed by atoms with E-state index in [2.05, 4.69) is 34.9 Å². The first-order chi connectivity index (χ1) is 16.8. The minimum absolute atomic E-state index is 0.00545. The third kappa shape index (κ3) is 6.02. The van der Waals surface area contributed by atoms with Gasteiger partial charge in [0.2, 0.25) is 5.91 Å². The summed E-state index contributed by atoms with van der Waals surface area (Å²) >= 11 is 0. The van der Waals surface area contributed by atoms with Crippen molar-refractivity contribution in [1.29, 1.82) is 0 Å². The van der Waals surface area contributed by atoms with Crippen LogP contribution in [0.15, 0.2) is 48.5 Å². The van der Waals surface area contributed by atoms with E-state index in [-0.39, 0.29) is 55.2 Å². The van der Waals surface area contributed by atoms with Crippen LogP contribution in [0.1, 0.15) is 63.0 Å². The largest absolute Gasteiger partial charge is 0.481 e. The molecule has 1 fully saturated rings. The maximum Gasteiger partial charge on any atom is 0.407 e. The quantitative estimate of drug-likeness (QED) is 0.485. The van der Waals surface area contributed by atoms with E-state index in [1.165, 1.54) is 11.1 Å². The Kier molecular flexibility index (Phi) is 7.73. The van der Waals surface area contributed by atoms with Gasteiger partial charge in [0.25, 0.3) is 0 Å². The molecule has 2 aliphatic rings. The van der Waals surface area contributed by atoms with Gasteiger partial charge >= 0.3 is 12.1 Å². The molecule has 0 radical (unpaired) electrons. The SMILES string of the molecule is CC(C)C(CC(=O)NC1CCC(CC(=O)O)C1)NC(=O)OCC1c2ccccc2-c2ccccc21. The highest BCUT2D eigenvalue weighted by Gasteiger charge is 2.31. The van der Waals surface area contributed by atoms with E-state index in [1.54, 1.807) is 0 Å². The van der Waals surface area contributed by atoms with Crippen LogP contribution in [0, 0.1) is 11.8 Å². The number of hydrogen-bond acceptors (Lipinski definition) is 4. The highest BCUT2D eigenvalue weighted by atomic mass is 16.5. The first-order valence-electron chi connectivity index (χ1n) is 12.4. The van der Waals surface area contributed by atoms with E-state index in [0.29, 0.717) is 6.42 Å². The molecule has 2 aromatic carbocycles. The average molecular weight is 479 g/mol. The second kappa shape index (κ2) is 10.9. The van der Waals surface area contributed by atoms with E-state index in [0.717, 1.165) is 24.0 Å². The Morgan fingerprint density at radius 3 is 2.23 bits per heavy atom. The van der Waals surface area contributed by atoms with Crippen LogP contribution in [-0.2, 0) is 14.3 Å². The molecule has 0 aliphatic heterocycles. The number of benzene rings is 2. The summed E-state index contributed by atoms with van der Waals surface area (Å²) in [5.41, 5.74) is 4.65. The number of aliphatic carboxylic acids is 1. The molecule has 7 heteroatoms. The Bertz CT molecular complexity index is 1040. The van der Waals surface area contributed by atoms with E-state index < -0.39 is 12.1 Å². The van der Waals surface area contributed by atoms with Crippen LogP contribution in [0.5, 0.6) is 0 Å². The van der Waals surface area contributed by atoms with Gasteiger partial charge in [0.1, 0.15) is 6.61 Å². The number of carboxylic acids is 1. The van der Waals surface area contributed by atoms with E-state index in [4.69, 9.17) is 9.84 Å². The van der Waals surface area contributed by atoms with E-state index in [1.807, 2.05) is 38.1 Å². The molecule has 0 spiro atoms. The van der Waals surface area contributed by atoms with Crippen LogP contribution in [0.3, 0.4) is 0 Å². The van der Waals surface area contributed by atoms with Gasteiger partial charge in [-0.25, -0.2) is 4.79 Å². The number of carbonyl (C=O) groups is 3. The molecule has 7 nitrogen and oxygen atoms in total. The van der Waals surface area contributed by atoms with E-state index in [9.17, 15) is 14.4 Å². The fraction of sp³-hybridized carbons (Fsp3) is 0.464. The highest BCUT2D eigenvalue weighted by molar-refractivity contribution is 5.80. The van der Waals surface area contributed by atoms with Crippen molar-refractivity contribution in [3.8, 4) is 11.1 Å². The number of amides is 2. The molecular formula is C28H34N2O5. The number of rotatable bonds is 9. The number of ether oxygens (including phenoxy) is 1. The predicted molar refractivity (Wildman–Crippen MR) is 133 cm³/mol. The van der Waals surface area contributed by atoms with Gasteiger partial charge in [-0.3, -0.25) is 9.59 Å². The maximum absolute atomic E-state index is 12.7. The number of carboxylic acid groups (broad SMARTS) is 1. The zero-order valence-corrected chi connectivity index (χ0v) is 20.3. The summed E-state index contributed by atoms with van der Waals surface area (Å²) in [7, 11) is 0. The third-order valence-electron chi connectivity index (χ3n) is 7.23. The fourth-order valence-electron chi connectivity index (χ4n) is 5.37. The second-order valence-electron chi connectivity index (χ2n) is 10.1. The minimum atomic E-state index is -0.797. The molecule has 2 aliphatic carbocycles. The lowest BCUT2D eigenvalue weighted by Crippen LogP contribution is -2.44. The summed E-state index contributed by atoms with van der Waals surface area (Å²) in [5, 5.41) is 14.9. The van der Waals surface area contributed by atoms with Crippen molar-refractivity contribution in [2.45, 2.75) is 64.0 Å². The molecule has 3 atom stereocenters. The van der Waals surface area contributed by atoms with Crippen molar-refractivity contribution in [3.63, 3.8) is 0 Å². The van der Waals surface area contributed by atoms with Crippen molar-refractivity contribution < 1.29 is 24.2 Å². The zero-order valence-electron chi connectivity index (χ0n) is 20.3. The molecule has 1 saturated carbocycles. The molecule has 35 heavy (non-hydrogen) atoms. The molecule has 186 valence electrons. The third-order valence-corrected chi connectivity index (χ3v) is 7.23. The number of alkyl carbamates (subject to hydrolysis) is 1. The molecule has 0 saturated heterocycles. The fourth-order valence-corrected chi connectivity index (χ4v) is 5.37. The first-order valence-corrected chi connectivity index (χ1v) is 12.4. The molecule has 3 unspecified atom stereocenters. The molecule has 0 bridgehead atoms. The zero-order chi connectivity index (χ0) is 24.9. The molecule has 2 aromatic rings. The van der Waals surface area contributed by atoms with Crippen LogP contribution in [0.2, 0.25) is 0 Å². The summed E-state index contributed by atoms with van der Waals surface area (Å²) in [4.78, 5) is 36.3. The van der Waals surface area contributed by atoms with Gasteiger partial charge in [0.15, 0.2) is 0 Å². The maximum atomic E-state index is 12.7. The predicted octanol–water partition coefficient (Wildman–Crippen LogP) is 4.70. The number of carbonyl (C=O) groups excluding carboxylic acids is 2. The Labute approximate surface area is 206 Å². The topological polar surface area (TPSA) is 105 Å². The summed E-state index contributed by atoms with van der Waals surface area (Å²) in [6.45, 7) is 4.14. The van der Waals surface area contributed by atoms with Crippen LogP contribution < -0.4 is 10.6 Å². The van der Waals surface area contributed by atoms with Gasteiger partial charge < -0.3 is 20.5 Å². The lowest BCUT2D eigenvalue weighted by molar-refractivity contribution is -0.138. The minimum Gasteiger partial charge on any atom is -0.481 e. The molecule has 2 amide bonds. The van der Waals surface area contributed by atoms with Gasteiger partial charge in [-0.1, -0.05) is 62.4 Å². The van der Waals surface area contributed by atoms with Gasteiger partial charge in [-0.15, -0.1) is 0 Å². The smallest absolute Gasteiger partial charge is 0.407 e. The van der Waals surface area contributed by atoms with Gasteiger partial charge in [0, 0.05) is 30.8 Å². The molecule has 3 N–H and O–H groups in total. The summed E-state index contributed by atoms with van der Waals surface area (Å²) < 4.78 is 5.65. The Hall–Kier alpha value is -3.35. The summed E-state index contributed by atoms with van der Waals surface area (Å²) in [5.74, 6) is -0.796. The first kappa shape index (κ1) is 24.8. The molecule has 4 rings (SSSR count). The Balaban J connectivity index is 1.30. The Morgan fingerprint density at radius 1 is 1.00 bits per heavy atom. The highest BCUT2D eigenvalue weighted by Crippen LogP contribution is 2.44. The van der Waals surface area contributed by atoms with Crippen LogP contribution in [0.4, 0.5) is 4.79 Å². The normalized spacial score (nSPS) is 19.6. The van der Waals surface area contributed by atoms with Crippen LogP contribution >= 0.6 is 0 Å². The Morgan fingerprint density at radius 2 is 1.63 bits per heavy atom. The van der Waals surface area contributed by atoms with Crippen molar-refractivity contribution in [2.75, 3.05) is 6.61 Å². The molecular weight excluding hydrogens is 444 g/mol. The van der Waals surface area contributed by atoms with E-state index >= 15 is 0 Å². The lowest BCUT2D eigenvalue weighted by Gasteiger charge is -2.23. The van der Waals surface area contributed by atoms with Crippen molar-refractivity contribution in [3.05, 3.63) is 59.7 Å². The summed E-state index contributed by atoms with van der Waals surface area (Å²) in [6, 6.07) is 16.0. The van der Waals surface area contributed by atoms with Gasteiger partial charge in [-0.2, -0.15) is 0 Å². The standard InChI is InChI=1S/C28H34N2O5/c1-17(2)25(15-26(31)29-19-12-11-18(13-19)14-27(32)33)30-28(34)35-16-24-22-9-5-3-7-20(22)21-8-4-6-10-23(21)24/h3-10,17-19,24-25H,11-16H2,1-2H3,(H,29,31)(H,30,34)(H,32,33). The molecule has 0 aromatic heterocycles. The monoisotopic (exact) mass is 478 g/mol. The molecule has 0 heterocycles. The average Bonchev–Trinajstić information content (AvgIpc) is 3.38. The van der Waals surface area contributed by atoms with Gasteiger partial charge in [-0.05, 0) is 53.4 Å². The van der Waals surface area contributed by atoms with Crippen LogP contribution in [0.25, 0.3) is 11.1 Å². The van der Waals surface area contributed by atoms with Gasteiger partial charge in [0.05, 0.1) is 0 Å². The number of nitrogens with one attached hydrogen (secondary N) is 2. The van der Waals surface area contributed by atoms with Crippen LogP contribution in [-0.4, -0.2) is 41.8 Å². The van der Waals surface area contributed by atoms with Crippen molar-refractivity contribution >= 4 is 18.0 Å². The van der Waals surface area contributed by atoms with Crippen molar-refractivity contribution in [1.82, 2.24) is 10.6 Å². The van der Waals surface area contributed by atoms with Crippen molar-refractivity contribution in [2.24, 2.45) is 11.8 Å². The number of fused-ring (bicyclic) bond motifs is 3. The second-order valence-corrected chi connectivity index (χ2v) is 10.1. The number of hydrogen-bond donors (Lipinski definition) is 3. The lowest BCUT2D eigenvalue weighted by atomic mass is 9.98. The summed E-state index contributed by atoms with van der Waals surface area (Å²) in [6.07, 6.45) is 2.05.